The van der Waals surface area contributed by atoms with Crippen molar-refractivity contribution in [1.29, 1.82) is 0 Å². The fraction of sp³-hybridized carbons (Fsp3) is 0.583. The molecule has 1 unspecified atom stereocenters. The van der Waals surface area contributed by atoms with Gasteiger partial charge in [-0.25, -0.2) is 4.98 Å². The summed E-state index contributed by atoms with van der Waals surface area (Å²) in [7, 11) is 2.17. The lowest BCUT2D eigenvalue weighted by Crippen LogP contribution is -2.32. The van der Waals surface area contributed by atoms with Gasteiger partial charge in [0.15, 0.2) is 0 Å². The third-order valence-electron chi connectivity index (χ3n) is 2.73. The Balaban J connectivity index is 2.58. The van der Waals surface area contributed by atoms with Crippen molar-refractivity contribution in [2.45, 2.75) is 25.9 Å². The Morgan fingerprint density at radius 3 is 2.88 bits per heavy atom. The number of nitrogens with two attached hydrogens (primary N) is 1. The molecule has 90 valence electrons. The van der Waals surface area contributed by atoms with Gasteiger partial charge in [0.05, 0.1) is 0 Å². The van der Waals surface area contributed by atoms with Gasteiger partial charge >= 0.3 is 0 Å². The molecule has 1 aromatic rings. The van der Waals surface area contributed by atoms with Gasteiger partial charge in [-0.15, -0.1) is 0 Å². The molecule has 1 atom stereocenters. The van der Waals surface area contributed by atoms with Gasteiger partial charge in [0.1, 0.15) is 5.82 Å². The molecule has 1 aromatic heterocycles. The molecular formula is C12H21N3S. The molecule has 0 aliphatic carbocycles. The molecule has 0 spiro atoms. The number of nitrogens with zero attached hydrogens (tertiary/aromatic N) is 2. The molecule has 4 heteroatoms. The lowest BCUT2D eigenvalue weighted by atomic mass is 10.2. The smallest absolute Gasteiger partial charge is 0.123 e. The minimum absolute atomic E-state index is 0.601. The minimum atomic E-state index is 0.601. The highest BCUT2D eigenvalue weighted by atomic mass is 32.2. The second-order valence-corrected chi connectivity index (χ2v) is 4.93. The highest BCUT2D eigenvalue weighted by molar-refractivity contribution is 7.98. The van der Waals surface area contributed by atoms with Crippen molar-refractivity contribution in [3.05, 3.63) is 23.9 Å². The lowest BCUT2D eigenvalue weighted by Gasteiger charge is -2.26. The van der Waals surface area contributed by atoms with Crippen LogP contribution in [0.1, 0.15) is 18.9 Å². The maximum absolute atomic E-state index is 5.67. The van der Waals surface area contributed by atoms with Crippen LogP contribution in [0.5, 0.6) is 0 Å². The number of anilines is 1. The molecule has 3 nitrogen and oxygen atoms in total. The summed E-state index contributed by atoms with van der Waals surface area (Å²) in [6, 6.07) is 4.60. The van der Waals surface area contributed by atoms with Gasteiger partial charge in [-0.3, -0.25) is 4.90 Å². The summed E-state index contributed by atoms with van der Waals surface area (Å²) in [5, 5.41) is 0. The normalized spacial score (nSPS) is 13.0. The van der Waals surface area contributed by atoms with Crippen LogP contribution < -0.4 is 5.73 Å². The molecule has 0 aliphatic heterocycles. The molecule has 1 heterocycles. The molecule has 0 aliphatic rings. The average Bonchev–Trinajstić information content (AvgIpc) is 2.25. The van der Waals surface area contributed by atoms with E-state index in [1.807, 2.05) is 23.9 Å². The van der Waals surface area contributed by atoms with Gasteiger partial charge in [-0.05, 0) is 37.4 Å². The summed E-state index contributed by atoms with van der Waals surface area (Å²) < 4.78 is 0. The third-order valence-corrected chi connectivity index (χ3v) is 3.45. The van der Waals surface area contributed by atoms with Crippen LogP contribution in [0.2, 0.25) is 0 Å². The number of rotatable bonds is 6. The fourth-order valence-electron chi connectivity index (χ4n) is 1.76. The molecule has 2 N–H and O–H groups in total. The predicted octanol–water partition coefficient (Wildman–Crippen LogP) is 2.24. The summed E-state index contributed by atoms with van der Waals surface area (Å²) in [5.74, 6) is 1.77. The fourth-order valence-corrected chi connectivity index (χ4v) is 2.63. The van der Waals surface area contributed by atoms with Gasteiger partial charge in [0.2, 0.25) is 0 Å². The maximum Gasteiger partial charge on any atom is 0.123 e. The molecular weight excluding hydrogens is 218 g/mol. The zero-order valence-electron chi connectivity index (χ0n) is 10.3. The number of pyridine rings is 1. The van der Waals surface area contributed by atoms with Crippen LogP contribution >= 0.6 is 11.8 Å². The summed E-state index contributed by atoms with van der Waals surface area (Å²) in [5.41, 5.74) is 6.90. The van der Waals surface area contributed by atoms with E-state index in [4.69, 9.17) is 5.73 Å². The van der Waals surface area contributed by atoms with E-state index in [9.17, 15) is 0 Å². The van der Waals surface area contributed by atoms with E-state index in [2.05, 4.69) is 30.1 Å². The van der Waals surface area contributed by atoms with Crippen molar-refractivity contribution < 1.29 is 0 Å². The largest absolute Gasteiger partial charge is 0.384 e. The SMILES string of the molecule is CCC(CSC)N(C)Cc1ccnc(N)c1. The number of hydrogen-bond acceptors (Lipinski definition) is 4. The lowest BCUT2D eigenvalue weighted by molar-refractivity contribution is 0.248. The Morgan fingerprint density at radius 1 is 1.56 bits per heavy atom. The Hall–Kier alpha value is -0.740. The first-order valence-corrected chi connectivity index (χ1v) is 6.96. The minimum Gasteiger partial charge on any atom is -0.384 e. The van der Waals surface area contributed by atoms with Crippen LogP contribution in [-0.4, -0.2) is 35.0 Å². The molecule has 0 radical (unpaired) electrons. The predicted molar refractivity (Wildman–Crippen MR) is 72.6 cm³/mol. The van der Waals surface area contributed by atoms with Gasteiger partial charge in [0.25, 0.3) is 0 Å². The summed E-state index contributed by atoms with van der Waals surface area (Å²) in [4.78, 5) is 6.38. The molecule has 0 saturated heterocycles. The van der Waals surface area contributed by atoms with Gasteiger partial charge < -0.3 is 5.73 Å². The Kier molecular flexibility index (Phi) is 5.63. The first-order chi connectivity index (χ1) is 7.67. The van der Waals surface area contributed by atoms with Crippen molar-refractivity contribution in [3.63, 3.8) is 0 Å². The first kappa shape index (κ1) is 13.3. The van der Waals surface area contributed by atoms with E-state index in [1.54, 1.807) is 6.20 Å². The Morgan fingerprint density at radius 2 is 2.31 bits per heavy atom. The molecule has 0 amide bonds. The standard InChI is InChI=1S/C12H21N3S/c1-4-11(9-16-3)15(2)8-10-5-6-14-12(13)7-10/h5-7,11H,4,8-9H2,1-3H3,(H2,13,14). The van der Waals surface area contributed by atoms with Gasteiger partial charge in [0, 0.05) is 24.5 Å². The number of thioether (sulfide) groups is 1. The van der Waals surface area contributed by atoms with Crippen LogP contribution in [0, 0.1) is 0 Å². The van der Waals surface area contributed by atoms with Crippen molar-refractivity contribution >= 4 is 17.6 Å². The van der Waals surface area contributed by atoms with Crippen LogP contribution in [0.15, 0.2) is 18.3 Å². The van der Waals surface area contributed by atoms with Gasteiger partial charge in [-0.2, -0.15) is 11.8 Å². The number of nitrogen functional groups attached to an aromatic ring is 1. The molecule has 0 bridgehead atoms. The summed E-state index contributed by atoms with van der Waals surface area (Å²) in [6.45, 7) is 3.17. The second-order valence-electron chi connectivity index (χ2n) is 4.02. The van der Waals surface area contributed by atoms with Crippen molar-refractivity contribution in [2.24, 2.45) is 0 Å². The zero-order valence-corrected chi connectivity index (χ0v) is 11.1. The van der Waals surface area contributed by atoms with Crippen LogP contribution in [0.25, 0.3) is 0 Å². The third kappa shape index (κ3) is 4.02. The van der Waals surface area contributed by atoms with Crippen molar-refractivity contribution in [2.75, 3.05) is 24.8 Å². The second kappa shape index (κ2) is 6.76. The molecule has 0 aromatic carbocycles. The number of aromatic nitrogens is 1. The van der Waals surface area contributed by atoms with Crippen LogP contribution in [0.4, 0.5) is 5.82 Å². The first-order valence-electron chi connectivity index (χ1n) is 5.57. The summed E-state index contributed by atoms with van der Waals surface area (Å²) in [6.07, 6.45) is 5.10. The topological polar surface area (TPSA) is 42.2 Å². The highest BCUT2D eigenvalue weighted by Gasteiger charge is 2.12. The number of hydrogen-bond donors (Lipinski definition) is 1. The Bertz CT molecular complexity index is 317. The van der Waals surface area contributed by atoms with Gasteiger partial charge in [-0.1, -0.05) is 6.92 Å². The van der Waals surface area contributed by atoms with Crippen molar-refractivity contribution in [3.8, 4) is 0 Å². The Labute approximate surface area is 102 Å². The monoisotopic (exact) mass is 239 g/mol. The molecule has 16 heavy (non-hydrogen) atoms. The van der Waals surface area contributed by atoms with E-state index in [0.29, 0.717) is 11.9 Å². The van der Waals surface area contributed by atoms with E-state index >= 15 is 0 Å². The summed E-state index contributed by atoms with van der Waals surface area (Å²) >= 11 is 1.90. The molecule has 0 fully saturated rings. The van der Waals surface area contributed by atoms with E-state index in [-0.39, 0.29) is 0 Å². The average molecular weight is 239 g/mol. The highest BCUT2D eigenvalue weighted by Crippen LogP contribution is 2.13. The molecule has 1 rings (SSSR count). The molecule has 0 saturated carbocycles. The quantitative estimate of drug-likeness (QED) is 0.826. The van der Waals surface area contributed by atoms with E-state index < -0.39 is 0 Å². The zero-order chi connectivity index (χ0) is 12.0. The van der Waals surface area contributed by atoms with Crippen LogP contribution in [-0.2, 0) is 6.54 Å². The van der Waals surface area contributed by atoms with E-state index in [0.717, 1.165) is 6.54 Å². The maximum atomic E-state index is 5.67. The van der Waals surface area contributed by atoms with E-state index in [1.165, 1.54) is 17.7 Å². The van der Waals surface area contributed by atoms with Crippen molar-refractivity contribution in [1.82, 2.24) is 9.88 Å². The van der Waals surface area contributed by atoms with Crippen LogP contribution in [0.3, 0.4) is 0 Å².